The SMILES string of the molecule is Cc1cccc([C@@H](Cc2ccc(C)c(C)c2)C(=O)O)c1. The highest BCUT2D eigenvalue weighted by Crippen LogP contribution is 2.23. The van der Waals surface area contributed by atoms with Crippen LogP contribution in [0.15, 0.2) is 42.5 Å². The summed E-state index contributed by atoms with van der Waals surface area (Å²) in [6, 6.07) is 13.9. The van der Waals surface area contributed by atoms with Crippen LogP contribution in [0.3, 0.4) is 0 Å². The van der Waals surface area contributed by atoms with E-state index in [9.17, 15) is 9.90 Å². The van der Waals surface area contributed by atoms with Crippen LogP contribution in [0.4, 0.5) is 0 Å². The molecule has 0 radical (unpaired) electrons. The second kappa shape index (κ2) is 5.91. The minimum absolute atomic E-state index is 0.489. The zero-order valence-corrected chi connectivity index (χ0v) is 12.2. The van der Waals surface area contributed by atoms with E-state index < -0.39 is 11.9 Å². The minimum atomic E-state index is -0.770. The van der Waals surface area contributed by atoms with Crippen molar-refractivity contribution >= 4 is 5.97 Å². The molecule has 0 aliphatic rings. The zero-order valence-electron chi connectivity index (χ0n) is 12.2. The molecule has 0 saturated heterocycles. The predicted molar refractivity (Wildman–Crippen MR) is 81.2 cm³/mol. The molecule has 2 heteroatoms. The van der Waals surface area contributed by atoms with Crippen molar-refractivity contribution in [3.63, 3.8) is 0 Å². The van der Waals surface area contributed by atoms with Crippen LogP contribution in [0, 0.1) is 20.8 Å². The molecular formula is C18H20O2. The molecular weight excluding hydrogens is 248 g/mol. The molecule has 2 aromatic carbocycles. The minimum Gasteiger partial charge on any atom is -0.481 e. The number of rotatable bonds is 4. The standard InChI is InChI=1S/C18H20O2/c1-12-5-4-6-16(9-12)17(18(19)20)11-15-8-7-13(2)14(3)10-15/h4-10,17H,11H2,1-3H3,(H,19,20)/t17-/m1/s1. The van der Waals surface area contributed by atoms with Crippen molar-refractivity contribution in [2.45, 2.75) is 33.1 Å². The van der Waals surface area contributed by atoms with Gasteiger partial charge < -0.3 is 5.11 Å². The van der Waals surface area contributed by atoms with Gasteiger partial charge in [0, 0.05) is 0 Å². The van der Waals surface area contributed by atoms with Crippen molar-refractivity contribution in [2.24, 2.45) is 0 Å². The fourth-order valence-corrected chi connectivity index (χ4v) is 2.40. The first-order valence-corrected chi connectivity index (χ1v) is 6.83. The molecule has 1 N–H and O–H groups in total. The number of carboxylic acid groups (broad SMARTS) is 1. The summed E-state index contributed by atoms with van der Waals surface area (Å²) >= 11 is 0. The van der Waals surface area contributed by atoms with Crippen molar-refractivity contribution in [2.75, 3.05) is 0 Å². The Morgan fingerprint density at radius 1 is 1.05 bits per heavy atom. The van der Waals surface area contributed by atoms with E-state index in [4.69, 9.17) is 0 Å². The van der Waals surface area contributed by atoms with Gasteiger partial charge in [0.15, 0.2) is 0 Å². The maximum Gasteiger partial charge on any atom is 0.311 e. The van der Waals surface area contributed by atoms with Crippen LogP contribution in [-0.4, -0.2) is 11.1 Å². The maximum absolute atomic E-state index is 11.6. The maximum atomic E-state index is 11.6. The van der Waals surface area contributed by atoms with Crippen LogP contribution in [-0.2, 0) is 11.2 Å². The molecule has 104 valence electrons. The fraction of sp³-hybridized carbons (Fsp3) is 0.278. The number of carbonyl (C=O) groups is 1. The molecule has 0 aliphatic heterocycles. The quantitative estimate of drug-likeness (QED) is 0.909. The van der Waals surface area contributed by atoms with E-state index in [1.54, 1.807) is 0 Å². The van der Waals surface area contributed by atoms with E-state index >= 15 is 0 Å². The lowest BCUT2D eigenvalue weighted by Gasteiger charge is -2.14. The highest BCUT2D eigenvalue weighted by atomic mass is 16.4. The Kier molecular flexibility index (Phi) is 4.23. The Balaban J connectivity index is 2.30. The lowest BCUT2D eigenvalue weighted by atomic mass is 9.90. The molecule has 2 aromatic rings. The van der Waals surface area contributed by atoms with Gasteiger partial charge >= 0.3 is 5.97 Å². The molecule has 0 amide bonds. The zero-order chi connectivity index (χ0) is 14.7. The number of hydrogen-bond donors (Lipinski definition) is 1. The van der Waals surface area contributed by atoms with Crippen molar-refractivity contribution in [1.82, 2.24) is 0 Å². The number of hydrogen-bond acceptors (Lipinski definition) is 1. The Labute approximate surface area is 120 Å². The van der Waals surface area contributed by atoms with Gasteiger partial charge in [0.25, 0.3) is 0 Å². The van der Waals surface area contributed by atoms with Crippen LogP contribution >= 0.6 is 0 Å². The Morgan fingerprint density at radius 3 is 2.40 bits per heavy atom. The molecule has 0 aliphatic carbocycles. The summed E-state index contributed by atoms with van der Waals surface area (Å²) in [5, 5.41) is 9.50. The predicted octanol–water partition coefficient (Wildman–Crippen LogP) is 4.02. The summed E-state index contributed by atoms with van der Waals surface area (Å²) in [5.41, 5.74) is 5.47. The van der Waals surface area contributed by atoms with Crippen molar-refractivity contribution in [3.05, 3.63) is 70.3 Å². The van der Waals surface area contributed by atoms with Gasteiger partial charge in [-0.25, -0.2) is 0 Å². The van der Waals surface area contributed by atoms with Gasteiger partial charge in [-0.2, -0.15) is 0 Å². The van der Waals surface area contributed by atoms with E-state index in [-0.39, 0.29) is 0 Å². The van der Waals surface area contributed by atoms with Gasteiger partial charge in [-0.05, 0) is 49.4 Å². The molecule has 2 rings (SSSR count). The highest BCUT2D eigenvalue weighted by molar-refractivity contribution is 5.76. The smallest absolute Gasteiger partial charge is 0.311 e. The van der Waals surface area contributed by atoms with E-state index in [0.717, 1.165) is 16.7 Å². The summed E-state index contributed by atoms with van der Waals surface area (Å²) in [7, 11) is 0. The van der Waals surface area contributed by atoms with Gasteiger partial charge in [-0.1, -0.05) is 48.0 Å². The summed E-state index contributed by atoms with van der Waals surface area (Å²) < 4.78 is 0. The molecule has 2 nitrogen and oxygen atoms in total. The number of aliphatic carboxylic acids is 1. The second-order valence-electron chi connectivity index (χ2n) is 5.43. The van der Waals surface area contributed by atoms with Crippen LogP contribution in [0.5, 0.6) is 0 Å². The largest absolute Gasteiger partial charge is 0.481 e. The highest BCUT2D eigenvalue weighted by Gasteiger charge is 2.20. The number of carboxylic acids is 1. The molecule has 0 spiro atoms. The van der Waals surface area contributed by atoms with Gasteiger partial charge in [-0.15, -0.1) is 0 Å². The lowest BCUT2D eigenvalue weighted by molar-refractivity contribution is -0.138. The first-order valence-electron chi connectivity index (χ1n) is 6.83. The molecule has 0 bridgehead atoms. The average molecular weight is 268 g/mol. The summed E-state index contributed by atoms with van der Waals surface area (Å²) in [4.78, 5) is 11.6. The summed E-state index contributed by atoms with van der Waals surface area (Å²) in [6.45, 7) is 6.11. The van der Waals surface area contributed by atoms with Crippen LogP contribution in [0.1, 0.15) is 33.7 Å². The molecule has 0 heterocycles. The molecule has 0 aromatic heterocycles. The molecule has 20 heavy (non-hydrogen) atoms. The van der Waals surface area contributed by atoms with Crippen LogP contribution in [0.25, 0.3) is 0 Å². The van der Waals surface area contributed by atoms with E-state index in [1.807, 2.05) is 37.3 Å². The number of aryl methyl sites for hydroxylation is 3. The molecule has 1 atom stereocenters. The summed E-state index contributed by atoms with van der Waals surface area (Å²) in [6.07, 6.45) is 0.528. The van der Waals surface area contributed by atoms with Gasteiger partial charge in [-0.3, -0.25) is 4.79 Å². The molecule has 0 saturated carbocycles. The third-order valence-electron chi connectivity index (χ3n) is 3.75. The fourth-order valence-electron chi connectivity index (χ4n) is 2.40. The van der Waals surface area contributed by atoms with Gasteiger partial charge in [0.2, 0.25) is 0 Å². The van der Waals surface area contributed by atoms with Crippen molar-refractivity contribution < 1.29 is 9.90 Å². The van der Waals surface area contributed by atoms with Gasteiger partial charge in [0.05, 0.1) is 5.92 Å². The van der Waals surface area contributed by atoms with Crippen LogP contribution in [0.2, 0.25) is 0 Å². The Morgan fingerprint density at radius 2 is 1.80 bits per heavy atom. The van der Waals surface area contributed by atoms with E-state index in [0.29, 0.717) is 6.42 Å². The molecule has 0 fully saturated rings. The topological polar surface area (TPSA) is 37.3 Å². The van der Waals surface area contributed by atoms with Gasteiger partial charge in [0.1, 0.15) is 0 Å². The number of benzene rings is 2. The van der Waals surface area contributed by atoms with E-state index in [2.05, 4.69) is 26.0 Å². The van der Waals surface area contributed by atoms with Crippen molar-refractivity contribution in [1.29, 1.82) is 0 Å². The third kappa shape index (κ3) is 3.27. The first kappa shape index (κ1) is 14.3. The van der Waals surface area contributed by atoms with Crippen molar-refractivity contribution in [3.8, 4) is 0 Å². The normalized spacial score (nSPS) is 12.2. The average Bonchev–Trinajstić information content (AvgIpc) is 2.39. The second-order valence-corrected chi connectivity index (χ2v) is 5.43. The monoisotopic (exact) mass is 268 g/mol. The third-order valence-corrected chi connectivity index (χ3v) is 3.75. The first-order chi connectivity index (χ1) is 9.47. The summed E-state index contributed by atoms with van der Waals surface area (Å²) in [5.74, 6) is -1.26. The Bertz CT molecular complexity index is 629. The molecule has 0 unspecified atom stereocenters. The van der Waals surface area contributed by atoms with Crippen LogP contribution < -0.4 is 0 Å². The Hall–Kier alpha value is -2.09. The van der Waals surface area contributed by atoms with E-state index in [1.165, 1.54) is 11.1 Å². The lowest BCUT2D eigenvalue weighted by Crippen LogP contribution is -2.14.